The molecular formula is C15H25N. The molecule has 0 atom stereocenters. The van der Waals surface area contributed by atoms with Crippen molar-refractivity contribution in [2.24, 2.45) is 5.73 Å². The summed E-state index contributed by atoms with van der Waals surface area (Å²) in [5.74, 6) is 2.25. The van der Waals surface area contributed by atoms with Crippen LogP contribution in [0, 0.1) is 12.3 Å². The minimum Gasteiger partial charge on any atom is -0.402 e. The zero-order valence-corrected chi connectivity index (χ0v) is 11.3. The first-order chi connectivity index (χ1) is 7.61. The van der Waals surface area contributed by atoms with Gasteiger partial charge in [0, 0.05) is 5.70 Å². The van der Waals surface area contributed by atoms with E-state index in [9.17, 15) is 0 Å². The lowest BCUT2D eigenvalue weighted by molar-refractivity contribution is 0.963. The average molecular weight is 219 g/mol. The molecule has 1 aliphatic rings. The minimum absolute atomic E-state index is 0.898. The van der Waals surface area contributed by atoms with E-state index < -0.39 is 0 Å². The Kier molecular flexibility index (Phi) is 12.4. The van der Waals surface area contributed by atoms with Gasteiger partial charge in [-0.15, -0.1) is 12.3 Å². The highest BCUT2D eigenvalue weighted by Crippen LogP contribution is 2.19. The van der Waals surface area contributed by atoms with Crippen LogP contribution < -0.4 is 5.73 Å². The summed E-state index contributed by atoms with van der Waals surface area (Å²) in [5, 5.41) is 0. The maximum absolute atomic E-state index is 5.59. The molecule has 0 bridgehead atoms. The summed E-state index contributed by atoms with van der Waals surface area (Å²) in [6, 6.07) is 0. The number of allylic oxidation sites excluding steroid dienone is 6. The summed E-state index contributed by atoms with van der Waals surface area (Å²) in [6.07, 6.45) is 13.3. The van der Waals surface area contributed by atoms with Crippen LogP contribution in [0.5, 0.6) is 0 Å². The third kappa shape index (κ3) is 9.15. The van der Waals surface area contributed by atoms with Crippen molar-refractivity contribution in [2.45, 2.75) is 47.5 Å². The van der Waals surface area contributed by atoms with E-state index >= 15 is 0 Å². The van der Waals surface area contributed by atoms with Gasteiger partial charge in [-0.1, -0.05) is 26.0 Å². The molecule has 0 radical (unpaired) electrons. The van der Waals surface area contributed by atoms with Crippen LogP contribution in [0.2, 0.25) is 0 Å². The Morgan fingerprint density at radius 2 is 2.00 bits per heavy atom. The zero-order valence-electron chi connectivity index (χ0n) is 11.3. The van der Waals surface area contributed by atoms with Gasteiger partial charge >= 0.3 is 0 Å². The van der Waals surface area contributed by atoms with Gasteiger partial charge in [-0.25, -0.2) is 0 Å². The van der Waals surface area contributed by atoms with Crippen molar-refractivity contribution >= 4 is 0 Å². The molecule has 0 amide bonds. The lowest BCUT2D eigenvalue weighted by atomic mass is 9.98. The molecule has 0 saturated carbocycles. The quantitative estimate of drug-likeness (QED) is 0.658. The van der Waals surface area contributed by atoms with Crippen LogP contribution in [0.1, 0.15) is 47.5 Å². The van der Waals surface area contributed by atoms with Crippen molar-refractivity contribution in [3.8, 4) is 12.3 Å². The fourth-order valence-electron chi connectivity index (χ4n) is 1.26. The van der Waals surface area contributed by atoms with E-state index in [0.29, 0.717) is 0 Å². The summed E-state index contributed by atoms with van der Waals surface area (Å²) in [6.45, 7) is 9.71. The summed E-state index contributed by atoms with van der Waals surface area (Å²) in [7, 11) is 0. The van der Waals surface area contributed by atoms with E-state index in [1.54, 1.807) is 6.92 Å². The summed E-state index contributed by atoms with van der Waals surface area (Å²) >= 11 is 0. The largest absolute Gasteiger partial charge is 0.402 e. The predicted octanol–water partition coefficient (Wildman–Crippen LogP) is 4.18. The van der Waals surface area contributed by atoms with E-state index in [1.165, 1.54) is 11.1 Å². The Hall–Kier alpha value is -1.42. The highest BCUT2D eigenvalue weighted by atomic mass is 14.5. The smallest absolute Gasteiger partial charge is 0.00517 e. The molecule has 0 heterocycles. The predicted molar refractivity (Wildman–Crippen MR) is 74.9 cm³/mol. The van der Waals surface area contributed by atoms with E-state index in [-0.39, 0.29) is 0 Å². The van der Waals surface area contributed by atoms with Crippen molar-refractivity contribution in [1.29, 1.82) is 0 Å². The molecule has 1 aliphatic carbocycles. The van der Waals surface area contributed by atoms with Crippen LogP contribution in [-0.2, 0) is 0 Å². The number of hydrogen-bond donors (Lipinski definition) is 1. The fraction of sp³-hybridized carbons (Fsp3) is 0.467. The van der Waals surface area contributed by atoms with Gasteiger partial charge in [0.15, 0.2) is 0 Å². The van der Waals surface area contributed by atoms with E-state index in [0.717, 1.165) is 18.5 Å². The van der Waals surface area contributed by atoms with E-state index in [4.69, 9.17) is 5.73 Å². The summed E-state index contributed by atoms with van der Waals surface area (Å²) < 4.78 is 0. The van der Waals surface area contributed by atoms with Crippen molar-refractivity contribution in [3.05, 3.63) is 35.1 Å². The molecule has 1 nitrogen and oxygen atoms in total. The molecular weight excluding hydrogens is 194 g/mol. The second-order valence-electron chi connectivity index (χ2n) is 3.33. The van der Waals surface area contributed by atoms with Gasteiger partial charge in [0.25, 0.3) is 0 Å². The van der Waals surface area contributed by atoms with E-state index in [1.807, 2.05) is 20.8 Å². The summed E-state index contributed by atoms with van der Waals surface area (Å²) in [5.41, 5.74) is 9.22. The molecule has 0 saturated heterocycles. The SMILES string of the molecule is C#CC.CC.CC1=C(/C=C(/C)N)CCC=C1. The second-order valence-corrected chi connectivity index (χ2v) is 3.33. The summed E-state index contributed by atoms with van der Waals surface area (Å²) in [4.78, 5) is 0. The Labute approximate surface area is 101 Å². The van der Waals surface area contributed by atoms with Gasteiger partial charge < -0.3 is 5.73 Å². The third-order valence-corrected chi connectivity index (χ3v) is 1.86. The molecule has 0 aromatic heterocycles. The number of terminal acetylenes is 1. The van der Waals surface area contributed by atoms with E-state index in [2.05, 4.69) is 37.5 Å². The van der Waals surface area contributed by atoms with Crippen LogP contribution in [-0.4, -0.2) is 0 Å². The lowest BCUT2D eigenvalue weighted by Crippen LogP contribution is -1.95. The second kappa shape index (κ2) is 11.7. The molecule has 1 heteroatoms. The Morgan fingerprint density at radius 3 is 2.38 bits per heavy atom. The average Bonchev–Trinajstić information content (AvgIpc) is 2.25. The lowest BCUT2D eigenvalue weighted by Gasteiger charge is -2.09. The van der Waals surface area contributed by atoms with Crippen molar-refractivity contribution in [3.63, 3.8) is 0 Å². The normalized spacial score (nSPS) is 14.1. The van der Waals surface area contributed by atoms with Crippen LogP contribution in [0.4, 0.5) is 0 Å². The highest BCUT2D eigenvalue weighted by Gasteiger charge is 2.00. The number of nitrogens with two attached hydrogens (primary N) is 1. The molecule has 2 N–H and O–H groups in total. The Balaban J connectivity index is 0. The van der Waals surface area contributed by atoms with Crippen LogP contribution in [0.15, 0.2) is 35.1 Å². The van der Waals surface area contributed by atoms with Gasteiger partial charge in [-0.3, -0.25) is 0 Å². The van der Waals surface area contributed by atoms with Crippen LogP contribution >= 0.6 is 0 Å². The minimum atomic E-state index is 0.898. The zero-order chi connectivity index (χ0) is 13.0. The van der Waals surface area contributed by atoms with Gasteiger partial charge in [0.1, 0.15) is 0 Å². The molecule has 0 aromatic carbocycles. The third-order valence-electron chi connectivity index (χ3n) is 1.86. The van der Waals surface area contributed by atoms with Crippen molar-refractivity contribution < 1.29 is 0 Å². The van der Waals surface area contributed by atoms with Gasteiger partial charge in [-0.2, -0.15) is 0 Å². The first-order valence-electron chi connectivity index (χ1n) is 5.79. The first-order valence-corrected chi connectivity index (χ1v) is 5.79. The maximum atomic E-state index is 5.59. The van der Waals surface area contributed by atoms with Crippen LogP contribution in [0.3, 0.4) is 0 Å². The molecule has 0 fully saturated rings. The number of rotatable bonds is 1. The van der Waals surface area contributed by atoms with Crippen LogP contribution in [0.25, 0.3) is 0 Å². The fourth-order valence-corrected chi connectivity index (χ4v) is 1.26. The van der Waals surface area contributed by atoms with Gasteiger partial charge in [-0.05, 0) is 50.8 Å². The maximum Gasteiger partial charge on any atom is 0.00517 e. The standard InChI is InChI=1S/C10H15N.C3H4.C2H6/c1-8-5-3-4-6-10(8)7-9(2)11;1-3-2;1-2/h3,5,7H,4,6,11H2,1-2H3;1H,2H3;1-2H3/b9-7-;;. The molecule has 0 aromatic rings. The monoisotopic (exact) mass is 219 g/mol. The molecule has 1 rings (SSSR count). The Bertz CT molecular complexity index is 294. The first kappa shape index (κ1) is 17.0. The molecule has 0 aliphatic heterocycles. The highest BCUT2D eigenvalue weighted by molar-refractivity contribution is 5.35. The number of hydrogen-bond acceptors (Lipinski definition) is 1. The molecule has 0 unspecified atom stereocenters. The molecule has 90 valence electrons. The molecule has 0 spiro atoms. The molecule has 16 heavy (non-hydrogen) atoms. The topological polar surface area (TPSA) is 26.0 Å². The van der Waals surface area contributed by atoms with Gasteiger partial charge in [0.2, 0.25) is 0 Å². The van der Waals surface area contributed by atoms with Gasteiger partial charge in [0.05, 0.1) is 0 Å². The van der Waals surface area contributed by atoms with Crippen molar-refractivity contribution in [1.82, 2.24) is 0 Å². The Morgan fingerprint density at radius 1 is 1.50 bits per heavy atom. The van der Waals surface area contributed by atoms with Crippen molar-refractivity contribution in [2.75, 3.05) is 0 Å².